The molecule has 96 valence electrons. The fourth-order valence-electron chi connectivity index (χ4n) is 2.86. The van der Waals surface area contributed by atoms with Crippen LogP contribution in [0.5, 0.6) is 0 Å². The van der Waals surface area contributed by atoms with Crippen LogP contribution in [-0.4, -0.2) is 12.6 Å². The first-order chi connectivity index (χ1) is 9.35. The molecule has 2 nitrogen and oxygen atoms in total. The summed E-state index contributed by atoms with van der Waals surface area (Å²) in [5, 5.41) is 14.8. The van der Waals surface area contributed by atoms with E-state index in [1.807, 2.05) is 18.2 Å². The van der Waals surface area contributed by atoms with Gasteiger partial charge in [-0.3, -0.25) is 0 Å². The molecule has 1 fully saturated rings. The van der Waals surface area contributed by atoms with Crippen LogP contribution in [0, 0.1) is 11.3 Å². The highest BCUT2D eigenvalue weighted by atomic mass is 14.9. The Hall–Kier alpha value is -1.85. The van der Waals surface area contributed by atoms with Gasteiger partial charge in [-0.05, 0) is 60.7 Å². The van der Waals surface area contributed by atoms with Crippen LogP contribution >= 0.6 is 0 Å². The van der Waals surface area contributed by atoms with Crippen molar-refractivity contribution in [1.29, 1.82) is 5.26 Å². The third-order valence-corrected chi connectivity index (χ3v) is 3.98. The van der Waals surface area contributed by atoms with Gasteiger partial charge in [-0.25, -0.2) is 0 Å². The molecule has 1 N–H and O–H groups in total. The van der Waals surface area contributed by atoms with Gasteiger partial charge in [-0.1, -0.05) is 24.3 Å². The fraction of sp³-hybridized carbons (Fsp3) is 0.353. The molecule has 1 saturated heterocycles. The second-order valence-corrected chi connectivity index (χ2v) is 5.34. The molecular weight excluding hydrogens is 232 g/mol. The quantitative estimate of drug-likeness (QED) is 0.906. The van der Waals surface area contributed by atoms with Crippen LogP contribution in [0.25, 0.3) is 10.8 Å². The second kappa shape index (κ2) is 5.42. The minimum Gasteiger partial charge on any atom is -0.314 e. The smallest absolute Gasteiger partial charge is 0.0991 e. The maximum Gasteiger partial charge on any atom is 0.0991 e. The largest absolute Gasteiger partial charge is 0.314 e. The van der Waals surface area contributed by atoms with Crippen LogP contribution in [0.15, 0.2) is 36.4 Å². The third-order valence-electron chi connectivity index (χ3n) is 3.98. The lowest BCUT2D eigenvalue weighted by Crippen LogP contribution is -2.21. The van der Waals surface area contributed by atoms with Gasteiger partial charge in [0.1, 0.15) is 0 Å². The highest BCUT2D eigenvalue weighted by molar-refractivity contribution is 5.84. The number of hydrogen-bond acceptors (Lipinski definition) is 2. The van der Waals surface area contributed by atoms with E-state index in [2.05, 4.69) is 29.6 Å². The van der Waals surface area contributed by atoms with Gasteiger partial charge < -0.3 is 5.32 Å². The van der Waals surface area contributed by atoms with E-state index in [1.165, 1.54) is 36.8 Å². The van der Waals surface area contributed by atoms with Gasteiger partial charge in [0.05, 0.1) is 11.6 Å². The van der Waals surface area contributed by atoms with Crippen molar-refractivity contribution in [2.24, 2.45) is 0 Å². The van der Waals surface area contributed by atoms with E-state index < -0.39 is 0 Å². The first kappa shape index (κ1) is 12.2. The Morgan fingerprint density at radius 1 is 1.16 bits per heavy atom. The molecule has 1 heterocycles. The predicted molar refractivity (Wildman–Crippen MR) is 78.0 cm³/mol. The molecule has 1 atom stereocenters. The highest BCUT2D eigenvalue weighted by Gasteiger charge is 2.13. The molecule has 0 amide bonds. The van der Waals surface area contributed by atoms with Crippen molar-refractivity contribution >= 4 is 10.8 Å². The molecule has 2 aromatic rings. The summed E-state index contributed by atoms with van der Waals surface area (Å²) in [5.74, 6) is 0. The molecule has 1 aliphatic rings. The number of fused-ring (bicyclic) bond motifs is 1. The second-order valence-electron chi connectivity index (χ2n) is 5.34. The van der Waals surface area contributed by atoms with E-state index in [4.69, 9.17) is 5.26 Å². The lowest BCUT2D eigenvalue weighted by molar-refractivity contribution is 0.559. The molecule has 1 unspecified atom stereocenters. The summed E-state index contributed by atoms with van der Waals surface area (Å²) < 4.78 is 0. The van der Waals surface area contributed by atoms with Crippen LogP contribution in [-0.2, 0) is 6.42 Å². The Labute approximate surface area is 114 Å². The third kappa shape index (κ3) is 2.77. The lowest BCUT2D eigenvalue weighted by Gasteiger charge is -2.10. The van der Waals surface area contributed by atoms with Crippen LogP contribution < -0.4 is 5.32 Å². The Morgan fingerprint density at radius 3 is 2.79 bits per heavy atom. The average molecular weight is 250 g/mol. The van der Waals surface area contributed by atoms with Crippen molar-refractivity contribution in [2.45, 2.75) is 31.7 Å². The molecule has 0 saturated carbocycles. The topological polar surface area (TPSA) is 35.8 Å². The number of benzene rings is 2. The van der Waals surface area contributed by atoms with Crippen LogP contribution in [0.2, 0.25) is 0 Å². The molecule has 1 aliphatic heterocycles. The number of aryl methyl sites for hydroxylation is 1. The number of rotatable bonds is 3. The summed E-state index contributed by atoms with van der Waals surface area (Å²) in [6, 6.07) is 15.4. The van der Waals surface area contributed by atoms with Gasteiger partial charge >= 0.3 is 0 Å². The first-order valence-corrected chi connectivity index (χ1v) is 7.01. The van der Waals surface area contributed by atoms with Crippen LogP contribution in [0.1, 0.15) is 30.4 Å². The lowest BCUT2D eigenvalue weighted by atomic mass is 10.00. The number of nitrogens with zero attached hydrogens (tertiary/aromatic N) is 1. The average Bonchev–Trinajstić information content (AvgIpc) is 2.97. The fourth-order valence-corrected chi connectivity index (χ4v) is 2.86. The van der Waals surface area contributed by atoms with Crippen molar-refractivity contribution in [3.8, 4) is 6.07 Å². The summed E-state index contributed by atoms with van der Waals surface area (Å²) >= 11 is 0. The minimum atomic E-state index is 0.705. The highest BCUT2D eigenvalue weighted by Crippen LogP contribution is 2.20. The number of nitriles is 1. The summed E-state index contributed by atoms with van der Waals surface area (Å²) in [4.78, 5) is 0. The SMILES string of the molecule is N#Cc1ccc2cc(CCC3CCCN3)ccc2c1. The van der Waals surface area contributed by atoms with Gasteiger partial charge in [-0.15, -0.1) is 0 Å². The molecule has 0 radical (unpaired) electrons. The maximum absolute atomic E-state index is 8.90. The van der Waals surface area contributed by atoms with Gasteiger partial charge in [0.15, 0.2) is 0 Å². The van der Waals surface area contributed by atoms with Crippen molar-refractivity contribution in [2.75, 3.05) is 6.54 Å². The number of nitrogens with one attached hydrogen (secondary N) is 1. The zero-order valence-corrected chi connectivity index (χ0v) is 11.0. The van der Waals surface area contributed by atoms with E-state index in [0.29, 0.717) is 6.04 Å². The first-order valence-electron chi connectivity index (χ1n) is 7.01. The Kier molecular flexibility index (Phi) is 3.48. The monoisotopic (exact) mass is 250 g/mol. The van der Waals surface area contributed by atoms with Gasteiger partial charge in [0.2, 0.25) is 0 Å². The van der Waals surface area contributed by atoms with Gasteiger partial charge in [0.25, 0.3) is 0 Å². The summed E-state index contributed by atoms with van der Waals surface area (Å²) in [5.41, 5.74) is 2.13. The molecule has 0 aliphatic carbocycles. The van der Waals surface area contributed by atoms with E-state index in [-0.39, 0.29) is 0 Å². The molecule has 2 heteroatoms. The Bertz CT molecular complexity index is 619. The zero-order chi connectivity index (χ0) is 13.1. The molecule has 0 spiro atoms. The molecule has 0 aromatic heterocycles. The molecule has 3 rings (SSSR count). The minimum absolute atomic E-state index is 0.705. The Balaban J connectivity index is 1.76. The van der Waals surface area contributed by atoms with Gasteiger partial charge in [-0.2, -0.15) is 5.26 Å². The molecule has 0 bridgehead atoms. The van der Waals surface area contributed by atoms with E-state index >= 15 is 0 Å². The number of hydrogen-bond donors (Lipinski definition) is 1. The van der Waals surface area contributed by atoms with E-state index in [0.717, 1.165) is 17.4 Å². The maximum atomic E-state index is 8.90. The summed E-state index contributed by atoms with van der Waals surface area (Å²) in [7, 11) is 0. The van der Waals surface area contributed by atoms with Crippen molar-refractivity contribution in [1.82, 2.24) is 5.32 Å². The summed E-state index contributed by atoms with van der Waals surface area (Å²) in [6.45, 7) is 1.18. The summed E-state index contributed by atoms with van der Waals surface area (Å²) in [6.07, 6.45) is 4.99. The van der Waals surface area contributed by atoms with Gasteiger partial charge in [0, 0.05) is 6.04 Å². The zero-order valence-electron chi connectivity index (χ0n) is 11.0. The molecule has 2 aromatic carbocycles. The van der Waals surface area contributed by atoms with Crippen molar-refractivity contribution < 1.29 is 0 Å². The van der Waals surface area contributed by atoms with Crippen molar-refractivity contribution in [3.63, 3.8) is 0 Å². The van der Waals surface area contributed by atoms with Crippen LogP contribution in [0.4, 0.5) is 0 Å². The molecule has 19 heavy (non-hydrogen) atoms. The van der Waals surface area contributed by atoms with Crippen molar-refractivity contribution in [3.05, 3.63) is 47.5 Å². The molecular formula is C17H18N2. The predicted octanol–water partition coefficient (Wildman–Crippen LogP) is 3.40. The van der Waals surface area contributed by atoms with Crippen LogP contribution in [0.3, 0.4) is 0 Å². The van der Waals surface area contributed by atoms with E-state index in [1.54, 1.807) is 0 Å². The normalized spacial score (nSPS) is 18.6. The Morgan fingerprint density at radius 2 is 2.00 bits per heavy atom. The van der Waals surface area contributed by atoms with E-state index in [9.17, 15) is 0 Å². The standard InChI is InChI=1S/C17H18N2/c18-12-14-4-7-15-10-13(3-6-16(15)11-14)5-8-17-2-1-9-19-17/h3-4,6-7,10-11,17,19H,1-2,5,8-9H2.